The van der Waals surface area contributed by atoms with Crippen LogP contribution >= 0.6 is 11.6 Å². The van der Waals surface area contributed by atoms with Crippen LogP contribution in [0.1, 0.15) is 13.8 Å². The van der Waals surface area contributed by atoms with Gasteiger partial charge in [0.15, 0.2) is 0 Å². The molecule has 0 aliphatic rings. The molecule has 2 N–H and O–H groups in total. The number of hydrogen-bond donors (Lipinski definition) is 2. The van der Waals surface area contributed by atoms with E-state index in [1.807, 2.05) is 0 Å². The van der Waals surface area contributed by atoms with Crippen molar-refractivity contribution in [1.29, 1.82) is 0 Å². The van der Waals surface area contributed by atoms with Crippen molar-refractivity contribution in [3.8, 4) is 0 Å². The lowest BCUT2D eigenvalue weighted by Gasteiger charge is -2.10. The molecule has 18 heavy (non-hydrogen) atoms. The molecule has 1 rings (SSSR count). The fraction of sp³-hybridized carbons (Fsp3) is 0.231. The highest BCUT2D eigenvalue weighted by atomic mass is 35.5. The Morgan fingerprint density at radius 2 is 1.94 bits per heavy atom. The molecule has 1 aromatic carbocycles. The summed E-state index contributed by atoms with van der Waals surface area (Å²) in [5.41, 5.74) is 1.10. The number of aliphatic hydroxyl groups excluding tert-OH is 1. The maximum atomic E-state index is 12.0. The molecule has 0 saturated heterocycles. The lowest BCUT2D eigenvalue weighted by atomic mass is 10.1. The third kappa shape index (κ3) is 3.34. The van der Waals surface area contributed by atoms with Crippen molar-refractivity contribution in [2.45, 2.75) is 13.8 Å². The average molecular weight is 267 g/mol. The Bertz CT molecular complexity index is 517. The van der Waals surface area contributed by atoms with Crippen LogP contribution in [0.5, 0.6) is 0 Å². The topological polar surface area (TPSA) is 61.7 Å². The van der Waals surface area contributed by atoms with Crippen molar-refractivity contribution in [1.82, 2.24) is 0 Å². The molecule has 0 atom stereocenters. The monoisotopic (exact) mass is 266 g/mol. The first-order valence-corrected chi connectivity index (χ1v) is 5.74. The Morgan fingerprint density at radius 3 is 2.44 bits per heavy atom. The third-order valence-corrected chi connectivity index (χ3v) is 2.74. The number of carbonyl (C=O) groups is 1. The van der Waals surface area contributed by atoms with Crippen LogP contribution in [0, 0.1) is 0 Å². The Morgan fingerprint density at radius 1 is 1.33 bits per heavy atom. The summed E-state index contributed by atoms with van der Waals surface area (Å²) in [7, 11) is 1.56. The molecule has 0 fully saturated rings. The van der Waals surface area contributed by atoms with E-state index >= 15 is 0 Å². The molecule has 0 unspecified atom stereocenters. The molecule has 1 aromatic rings. The number of amides is 1. The number of benzene rings is 1. The number of allylic oxidation sites excluding steroid dienone is 1. The number of nitrogens with zero attached hydrogens (tertiary/aromatic N) is 1. The van der Waals surface area contributed by atoms with Crippen molar-refractivity contribution in [2.75, 3.05) is 12.4 Å². The van der Waals surface area contributed by atoms with Crippen molar-refractivity contribution in [2.24, 2.45) is 4.99 Å². The maximum absolute atomic E-state index is 12.0. The summed E-state index contributed by atoms with van der Waals surface area (Å²) in [4.78, 5) is 15.9. The van der Waals surface area contributed by atoms with E-state index in [9.17, 15) is 9.90 Å². The minimum absolute atomic E-state index is 0.0809. The summed E-state index contributed by atoms with van der Waals surface area (Å²) >= 11 is 5.94. The van der Waals surface area contributed by atoms with Gasteiger partial charge in [-0.2, -0.15) is 0 Å². The Hall–Kier alpha value is -1.81. The smallest absolute Gasteiger partial charge is 0.260 e. The van der Waals surface area contributed by atoms with Crippen LogP contribution in [0.25, 0.3) is 0 Å². The normalized spacial score (nSPS) is 13.0. The van der Waals surface area contributed by atoms with E-state index in [0.717, 1.165) is 0 Å². The SMILES string of the molecule is CN=C(C)C(C(=O)Nc1ccccc1Cl)=C(C)O. The van der Waals surface area contributed by atoms with Crippen molar-refractivity contribution in [3.63, 3.8) is 0 Å². The summed E-state index contributed by atoms with van der Waals surface area (Å²) in [6, 6.07) is 6.89. The molecule has 0 aliphatic carbocycles. The molecule has 0 spiro atoms. The van der Waals surface area contributed by atoms with Gasteiger partial charge >= 0.3 is 0 Å². The Kier molecular flexibility index (Phi) is 4.92. The largest absolute Gasteiger partial charge is 0.512 e. The highest BCUT2D eigenvalue weighted by molar-refractivity contribution is 6.34. The van der Waals surface area contributed by atoms with Crippen molar-refractivity contribution < 1.29 is 9.90 Å². The highest BCUT2D eigenvalue weighted by Crippen LogP contribution is 2.21. The third-order valence-electron chi connectivity index (χ3n) is 2.41. The lowest BCUT2D eigenvalue weighted by Crippen LogP contribution is -2.21. The zero-order valence-electron chi connectivity index (χ0n) is 10.5. The minimum atomic E-state index is -0.439. The summed E-state index contributed by atoms with van der Waals surface area (Å²) in [6.07, 6.45) is 0. The number of nitrogens with one attached hydrogen (secondary N) is 1. The first kappa shape index (κ1) is 14.3. The Labute approximate surface area is 111 Å². The van der Waals surface area contributed by atoms with Gasteiger partial charge in [-0.25, -0.2) is 0 Å². The second-order valence-electron chi connectivity index (χ2n) is 3.70. The predicted octanol–water partition coefficient (Wildman–Crippen LogP) is 3.20. The number of rotatable bonds is 3. The number of aliphatic hydroxyl groups is 1. The van der Waals surface area contributed by atoms with E-state index < -0.39 is 5.91 Å². The van der Waals surface area contributed by atoms with E-state index in [0.29, 0.717) is 16.4 Å². The van der Waals surface area contributed by atoms with Crippen LogP contribution in [0.4, 0.5) is 5.69 Å². The molecular weight excluding hydrogens is 252 g/mol. The van der Waals surface area contributed by atoms with Gasteiger partial charge in [-0.05, 0) is 26.0 Å². The molecule has 0 saturated carbocycles. The molecule has 4 nitrogen and oxygen atoms in total. The summed E-state index contributed by atoms with van der Waals surface area (Å²) < 4.78 is 0. The first-order chi connectivity index (χ1) is 8.47. The summed E-state index contributed by atoms with van der Waals surface area (Å²) in [5.74, 6) is -0.520. The highest BCUT2D eigenvalue weighted by Gasteiger charge is 2.16. The number of para-hydroxylation sites is 1. The fourth-order valence-corrected chi connectivity index (χ4v) is 1.63. The number of hydrogen-bond acceptors (Lipinski definition) is 3. The van der Waals surface area contributed by atoms with Gasteiger partial charge in [0, 0.05) is 12.8 Å². The first-order valence-electron chi connectivity index (χ1n) is 5.36. The summed E-state index contributed by atoms with van der Waals surface area (Å²) in [6.45, 7) is 3.09. The predicted molar refractivity (Wildman–Crippen MR) is 74.4 cm³/mol. The Balaban J connectivity index is 3.02. The van der Waals surface area contributed by atoms with Gasteiger partial charge in [0.1, 0.15) is 5.76 Å². The van der Waals surface area contributed by atoms with Gasteiger partial charge in [-0.3, -0.25) is 9.79 Å². The van der Waals surface area contributed by atoms with Crippen LogP contribution in [-0.2, 0) is 4.79 Å². The average Bonchev–Trinajstić information content (AvgIpc) is 2.31. The molecule has 1 amide bonds. The number of anilines is 1. The summed E-state index contributed by atoms with van der Waals surface area (Å²) in [5, 5.41) is 12.6. The molecular formula is C13H15ClN2O2. The number of aliphatic imine (C=N–C) groups is 1. The van der Waals surface area contributed by atoms with E-state index in [4.69, 9.17) is 11.6 Å². The van der Waals surface area contributed by atoms with Gasteiger partial charge < -0.3 is 10.4 Å². The molecule has 96 valence electrons. The van der Waals surface area contributed by atoms with Crippen LogP contribution in [0.2, 0.25) is 5.02 Å². The number of carbonyl (C=O) groups excluding carboxylic acids is 1. The second kappa shape index (κ2) is 6.21. The van der Waals surface area contributed by atoms with Crippen LogP contribution in [0.15, 0.2) is 40.6 Å². The minimum Gasteiger partial charge on any atom is -0.512 e. The lowest BCUT2D eigenvalue weighted by molar-refractivity contribution is -0.112. The quantitative estimate of drug-likeness (QED) is 0.501. The zero-order chi connectivity index (χ0) is 13.7. The molecule has 0 bridgehead atoms. The fourth-order valence-electron chi connectivity index (χ4n) is 1.45. The second-order valence-corrected chi connectivity index (χ2v) is 4.11. The molecule has 0 aliphatic heterocycles. The molecule has 0 heterocycles. The molecule has 5 heteroatoms. The molecule has 0 aromatic heterocycles. The number of halogens is 1. The van der Waals surface area contributed by atoms with Gasteiger partial charge in [0.2, 0.25) is 0 Å². The van der Waals surface area contributed by atoms with Gasteiger partial charge in [0.25, 0.3) is 5.91 Å². The van der Waals surface area contributed by atoms with E-state index in [1.54, 1.807) is 38.2 Å². The maximum Gasteiger partial charge on any atom is 0.260 e. The van der Waals surface area contributed by atoms with Crippen LogP contribution in [-0.4, -0.2) is 23.8 Å². The van der Waals surface area contributed by atoms with E-state index in [2.05, 4.69) is 10.3 Å². The standard InChI is InChI=1S/C13H15ClN2O2/c1-8(15-3)12(9(2)17)13(18)16-11-7-5-4-6-10(11)14/h4-7,17H,1-3H3,(H,16,18). The van der Waals surface area contributed by atoms with E-state index in [1.165, 1.54) is 6.92 Å². The van der Waals surface area contributed by atoms with E-state index in [-0.39, 0.29) is 11.3 Å². The van der Waals surface area contributed by atoms with Gasteiger partial charge in [0.05, 0.1) is 16.3 Å². The van der Waals surface area contributed by atoms with Gasteiger partial charge in [-0.1, -0.05) is 23.7 Å². The molecule has 0 radical (unpaired) electrons. The van der Waals surface area contributed by atoms with Crippen LogP contribution < -0.4 is 5.32 Å². The zero-order valence-corrected chi connectivity index (χ0v) is 11.2. The van der Waals surface area contributed by atoms with Crippen molar-refractivity contribution >= 4 is 28.9 Å². The van der Waals surface area contributed by atoms with Gasteiger partial charge in [-0.15, -0.1) is 0 Å². The van der Waals surface area contributed by atoms with Crippen molar-refractivity contribution in [3.05, 3.63) is 40.6 Å². The van der Waals surface area contributed by atoms with Crippen LogP contribution in [0.3, 0.4) is 0 Å².